The molecule has 1 aliphatic rings. The monoisotopic (exact) mass is 362 g/mol. The van der Waals surface area contributed by atoms with E-state index in [4.69, 9.17) is 4.74 Å². The minimum absolute atomic E-state index is 0. The molecule has 2 rings (SSSR count). The average Bonchev–Trinajstić information content (AvgIpc) is 2.67. The topological polar surface area (TPSA) is 24.5 Å². The van der Waals surface area contributed by atoms with Gasteiger partial charge in [0.2, 0.25) is 0 Å². The van der Waals surface area contributed by atoms with Crippen molar-refractivity contribution in [1.29, 1.82) is 0 Å². The number of benzene rings is 1. The van der Waals surface area contributed by atoms with E-state index in [2.05, 4.69) is 33.2 Å². The van der Waals surface area contributed by atoms with Crippen LogP contribution in [-0.2, 0) is 0 Å². The van der Waals surface area contributed by atoms with Gasteiger partial charge in [0, 0.05) is 17.1 Å². The van der Waals surface area contributed by atoms with E-state index >= 15 is 0 Å². The molecule has 0 saturated carbocycles. The second-order valence-electron chi connectivity index (χ2n) is 5.12. The smallest absolute Gasteiger partial charge is 0.120 e. The number of hydrogen-bond acceptors (Lipinski definition) is 3. The summed E-state index contributed by atoms with van der Waals surface area (Å²) in [5.74, 6) is 0.935. The van der Waals surface area contributed by atoms with Crippen LogP contribution in [0.2, 0.25) is 0 Å². The second-order valence-corrected chi connectivity index (χ2v) is 6.04. The molecule has 1 aromatic carbocycles. The summed E-state index contributed by atoms with van der Waals surface area (Å²) in [5, 5.41) is 3.46. The minimum atomic E-state index is 0. The first kappa shape index (κ1) is 17.8. The molecule has 3 nitrogen and oxygen atoms in total. The van der Waals surface area contributed by atoms with Gasteiger partial charge in [0.15, 0.2) is 0 Å². The van der Waals surface area contributed by atoms with E-state index in [9.17, 15) is 0 Å². The van der Waals surface area contributed by atoms with E-state index in [0.29, 0.717) is 6.04 Å². The summed E-state index contributed by atoms with van der Waals surface area (Å²) < 4.78 is 6.86. The summed E-state index contributed by atoms with van der Waals surface area (Å²) >= 11 is 3.46. The molecule has 0 spiro atoms. The van der Waals surface area contributed by atoms with E-state index in [1.807, 2.05) is 24.3 Å². The molecule has 0 bridgehead atoms. The van der Waals surface area contributed by atoms with Gasteiger partial charge in [0.25, 0.3) is 0 Å². The second kappa shape index (κ2) is 9.61. The maximum Gasteiger partial charge on any atom is 0.120 e. The third kappa shape index (κ3) is 6.00. The molecule has 0 radical (unpaired) electrons. The Morgan fingerprint density at radius 2 is 2.20 bits per heavy atom. The first-order valence-electron chi connectivity index (χ1n) is 7.05. The van der Waals surface area contributed by atoms with E-state index in [0.717, 1.165) is 29.9 Å². The van der Waals surface area contributed by atoms with Crippen molar-refractivity contribution in [2.45, 2.75) is 25.3 Å². The molecule has 20 heavy (non-hydrogen) atoms. The summed E-state index contributed by atoms with van der Waals surface area (Å²) in [6.07, 6.45) is 3.81. The lowest BCUT2D eigenvalue weighted by molar-refractivity contribution is 0.180. The standard InChI is InChI=1S/C15H23BrN2O.ClH/c1-18(14-5-3-8-17-9-7-14)10-11-19-15-6-2-4-13(16)12-15;/h2,4,6,12,14,17H,3,5,7-11H2,1H3;1H. The number of ether oxygens (including phenoxy) is 1. The van der Waals surface area contributed by atoms with Gasteiger partial charge in [0.05, 0.1) is 0 Å². The summed E-state index contributed by atoms with van der Waals surface area (Å²) in [6, 6.07) is 8.72. The highest BCUT2D eigenvalue weighted by Gasteiger charge is 2.16. The van der Waals surface area contributed by atoms with Gasteiger partial charge < -0.3 is 10.1 Å². The Balaban J connectivity index is 0.00000200. The summed E-state index contributed by atoms with van der Waals surface area (Å²) in [7, 11) is 2.21. The van der Waals surface area contributed by atoms with E-state index in [1.54, 1.807) is 0 Å². The van der Waals surface area contributed by atoms with Gasteiger partial charge in [-0.25, -0.2) is 0 Å². The Labute approximate surface area is 136 Å². The van der Waals surface area contributed by atoms with Crippen molar-refractivity contribution in [2.75, 3.05) is 33.3 Å². The molecule has 1 N–H and O–H groups in total. The molecule has 1 aliphatic heterocycles. The zero-order chi connectivity index (χ0) is 13.5. The Kier molecular flexibility index (Phi) is 8.53. The molecule has 5 heteroatoms. The Morgan fingerprint density at radius 3 is 3.00 bits per heavy atom. The lowest BCUT2D eigenvalue weighted by Crippen LogP contribution is -2.35. The quantitative estimate of drug-likeness (QED) is 0.868. The van der Waals surface area contributed by atoms with Gasteiger partial charge in [-0.3, -0.25) is 4.90 Å². The largest absolute Gasteiger partial charge is 0.492 e. The van der Waals surface area contributed by atoms with Gasteiger partial charge in [0.1, 0.15) is 12.4 Å². The van der Waals surface area contributed by atoms with E-state index in [1.165, 1.54) is 25.8 Å². The summed E-state index contributed by atoms with van der Waals surface area (Å²) in [5.41, 5.74) is 0. The molecule has 0 aliphatic carbocycles. The first-order chi connectivity index (χ1) is 9.25. The van der Waals surface area contributed by atoms with Gasteiger partial charge in [-0.1, -0.05) is 22.0 Å². The normalized spacial score (nSPS) is 19.2. The van der Waals surface area contributed by atoms with Crippen molar-refractivity contribution in [3.05, 3.63) is 28.7 Å². The molecular weight excluding hydrogens is 340 g/mol. The predicted molar refractivity (Wildman–Crippen MR) is 90.0 cm³/mol. The van der Waals surface area contributed by atoms with Crippen LogP contribution in [0.25, 0.3) is 0 Å². The predicted octanol–water partition coefficient (Wildman–Crippen LogP) is 3.32. The van der Waals surface area contributed by atoms with Crippen LogP contribution in [0.4, 0.5) is 0 Å². The van der Waals surface area contributed by atoms with Crippen LogP contribution in [-0.4, -0.2) is 44.2 Å². The first-order valence-corrected chi connectivity index (χ1v) is 7.84. The Morgan fingerprint density at radius 1 is 1.35 bits per heavy atom. The maximum atomic E-state index is 5.79. The van der Waals surface area contributed by atoms with Crippen LogP contribution in [0.3, 0.4) is 0 Å². The number of nitrogens with zero attached hydrogens (tertiary/aromatic N) is 1. The molecule has 114 valence electrons. The van der Waals surface area contributed by atoms with Crippen LogP contribution in [0, 0.1) is 0 Å². The Bertz CT molecular complexity index is 384. The Hall–Kier alpha value is -0.290. The van der Waals surface area contributed by atoms with E-state index < -0.39 is 0 Å². The molecule has 1 fully saturated rings. The van der Waals surface area contributed by atoms with Gasteiger partial charge >= 0.3 is 0 Å². The van der Waals surface area contributed by atoms with Crippen LogP contribution in [0.5, 0.6) is 5.75 Å². The third-order valence-electron chi connectivity index (χ3n) is 3.68. The highest BCUT2D eigenvalue weighted by molar-refractivity contribution is 9.10. The average molecular weight is 364 g/mol. The lowest BCUT2D eigenvalue weighted by atomic mass is 10.1. The minimum Gasteiger partial charge on any atom is -0.492 e. The molecule has 1 unspecified atom stereocenters. The highest BCUT2D eigenvalue weighted by atomic mass is 79.9. The molecule has 1 aromatic rings. The van der Waals surface area contributed by atoms with Crippen molar-refractivity contribution in [2.24, 2.45) is 0 Å². The molecule has 1 saturated heterocycles. The zero-order valence-corrected chi connectivity index (χ0v) is 14.4. The summed E-state index contributed by atoms with van der Waals surface area (Å²) in [6.45, 7) is 4.04. The molecular formula is C15H24BrClN2O. The van der Waals surface area contributed by atoms with Crippen molar-refractivity contribution >= 4 is 28.3 Å². The fourth-order valence-electron chi connectivity index (χ4n) is 2.49. The van der Waals surface area contributed by atoms with Gasteiger partial charge in [-0.2, -0.15) is 0 Å². The fraction of sp³-hybridized carbons (Fsp3) is 0.600. The van der Waals surface area contributed by atoms with Crippen LogP contribution in [0.1, 0.15) is 19.3 Å². The van der Waals surface area contributed by atoms with Crippen molar-refractivity contribution < 1.29 is 4.74 Å². The summed E-state index contributed by atoms with van der Waals surface area (Å²) in [4.78, 5) is 2.44. The molecule has 0 amide bonds. The van der Waals surface area contributed by atoms with E-state index in [-0.39, 0.29) is 12.4 Å². The lowest BCUT2D eigenvalue weighted by Gasteiger charge is -2.26. The van der Waals surface area contributed by atoms with Crippen molar-refractivity contribution in [1.82, 2.24) is 10.2 Å². The van der Waals surface area contributed by atoms with Crippen LogP contribution < -0.4 is 10.1 Å². The van der Waals surface area contributed by atoms with Crippen LogP contribution >= 0.6 is 28.3 Å². The fourth-order valence-corrected chi connectivity index (χ4v) is 2.87. The van der Waals surface area contributed by atoms with Crippen molar-refractivity contribution in [3.8, 4) is 5.75 Å². The maximum absolute atomic E-state index is 5.79. The van der Waals surface area contributed by atoms with Gasteiger partial charge in [-0.15, -0.1) is 12.4 Å². The SMILES string of the molecule is CN(CCOc1cccc(Br)c1)C1CCCNCC1.Cl. The number of nitrogens with one attached hydrogen (secondary N) is 1. The third-order valence-corrected chi connectivity index (χ3v) is 4.17. The molecule has 1 atom stereocenters. The van der Waals surface area contributed by atoms with Crippen LogP contribution in [0.15, 0.2) is 28.7 Å². The van der Waals surface area contributed by atoms with Crippen molar-refractivity contribution in [3.63, 3.8) is 0 Å². The number of halogens is 2. The zero-order valence-electron chi connectivity index (χ0n) is 12.0. The number of hydrogen-bond donors (Lipinski definition) is 1. The number of likely N-dealkylation sites (N-methyl/N-ethyl adjacent to an activating group) is 1. The van der Waals surface area contributed by atoms with Gasteiger partial charge in [-0.05, 0) is 57.6 Å². The highest BCUT2D eigenvalue weighted by Crippen LogP contribution is 2.18. The molecule has 1 heterocycles. The molecule has 0 aromatic heterocycles. The number of rotatable bonds is 5.